The maximum Gasteiger partial charge on any atom is 0.224 e. The van der Waals surface area contributed by atoms with Gasteiger partial charge in [0.1, 0.15) is 0 Å². The number of sulfone groups is 1. The molecule has 0 aliphatic carbocycles. The number of carbonyl (C=O) groups is 1. The van der Waals surface area contributed by atoms with E-state index in [1.807, 2.05) is 0 Å². The summed E-state index contributed by atoms with van der Waals surface area (Å²) in [5.74, 6) is 0.416. The first kappa shape index (κ1) is 15.0. The number of para-hydroxylation sites is 1. The summed E-state index contributed by atoms with van der Waals surface area (Å²) in [6, 6.07) is 6.48. The van der Waals surface area contributed by atoms with Crippen LogP contribution in [0.5, 0.6) is 0 Å². The largest absolute Gasteiger partial charge is 0.325 e. The Morgan fingerprint density at radius 3 is 2.80 bits per heavy atom. The molecule has 0 spiro atoms. The minimum atomic E-state index is -3.33. The van der Waals surface area contributed by atoms with Gasteiger partial charge in [0.2, 0.25) is 5.91 Å². The Balaban J connectivity index is 1.97. The summed E-state index contributed by atoms with van der Waals surface area (Å²) in [5, 5.41) is 5.97. The highest BCUT2D eigenvalue weighted by atomic mass is 32.2. The van der Waals surface area contributed by atoms with Crippen LogP contribution in [-0.4, -0.2) is 33.7 Å². The van der Waals surface area contributed by atoms with E-state index in [4.69, 9.17) is 0 Å². The second kappa shape index (κ2) is 6.37. The molecule has 20 heavy (non-hydrogen) atoms. The van der Waals surface area contributed by atoms with Gasteiger partial charge in [-0.2, -0.15) is 0 Å². The van der Waals surface area contributed by atoms with Gasteiger partial charge in [0.15, 0.2) is 9.84 Å². The van der Waals surface area contributed by atoms with Gasteiger partial charge in [-0.1, -0.05) is 12.1 Å². The molecule has 1 unspecified atom stereocenters. The van der Waals surface area contributed by atoms with Gasteiger partial charge in [0, 0.05) is 12.7 Å². The highest BCUT2D eigenvalue weighted by Crippen LogP contribution is 2.21. The van der Waals surface area contributed by atoms with Crippen molar-refractivity contribution < 1.29 is 13.2 Å². The molecular weight excluding hydrogens is 276 g/mol. The van der Waals surface area contributed by atoms with Crippen molar-refractivity contribution in [2.45, 2.75) is 24.2 Å². The van der Waals surface area contributed by atoms with Crippen molar-refractivity contribution in [3.63, 3.8) is 0 Å². The van der Waals surface area contributed by atoms with E-state index in [-0.39, 0.29) is 10.8 Å². The molecule has 1 amide bonds. The second-order valence-corrected chi connectivity index (χ2v) is 7.20. The monoisotopic (exact) mass is 296 g/mol. The Bertz CT molecular complexity index is 578. The molecule has 1 aliphatic heterocycles. The van der Waals surface area contributed by atoms with E-state index in [9.17, 15) is 13.2 Å². The summed E-state index contributed by atoms with van der Waals surface area (Å²) in [5.41, 5.74) is 0.365. The highest BCUT2D eigenvalue weighted by Gasteiger charge is 2.17. The maximum atomic E-state index is 11.9. The van der Waals surface area contributed by atoms with Gasteiger partial charge in [-0.15, -0.1) is 0 Å². The van der Waals surface area contributed by atoms with Crippen LogP contribution in [0.25, 0.3) is 0 Å². The number of anilines is 1. The first-order valence-corrected chi connectivity index (χ1v) is 8.65. The SMILES string of the molecule is CS(=O)(=O)c1ccccc1NC(=O)CCC1CCNC1. The summed E-state index contributed by atoms with van der Waals surface area (Å²) in [7, 11) is -3.33. The summed E-state index contributed by atoms with van der Waals surface area (Å²) in [6.07, 6.45) is 3.50. The lowest BCUT2D eigenvalue weighted by Gasteiger charge is -2.11. The number of benzene rings is 1. The molecule has 0 radical (unpaired) electrons. The van der Waals surface area contributed by atoms with Crippen molar-refractivity contribution in [2.75, 3.05) is 24.7 Å². The molecule has 0 aromatic heterocycles. The Hall–Kier alpha value is -1.40. The molecule has 1 aromatic rings. The number of amides is 1. The fraction of sp³-hybridized carbons (Fsp3) is 0.500. The highest BCUT2D eigenvalue weighted by molar-refractivity contribution is 7.90. The molecule has 2 N–H and O–H groups in total. The molecule has 1 saturated heterocycles. The predicted octanol–water partition coefficient (Wildman–Crippen LogP) is 1.42. The van der Waals surface area contributed by atoms with Crippen LogP contribution < -0.4 is 10.6 Å². The van der Waals surface area contributed by atoms with E-state index < -0.39 is 9.84 Å². The average Bonchev–Trinajstić information content (AvgIpc) is 2.89. The van der Waals surface area contributed by atoms with Crippen molar-refractivity contribution >= 4 is 21.4 Å². The zero-order valence-electron chi connectivity index (χ0n) is 11.6. The third-order valence-electron chi connectivity index (χ3n) is 3.50. The first-order valence-electron chi connectivity index (χ1n) is 6.76. The van der Waals surface area contributed by atoms with Crippen LogP contribution in [0.4, 0.5) is 5.69 Å². The summed E-state index contributed by atoms with van der Waals surface area (Å²) >= 11 is 0. The normalized spacial score (nSPS) is 18.9. The summed E-state index contributed by atoms with van der Waals surface area (Å²) in [4.78, 5) is 12.1. The fourth-order valence-corrected chi connectivity index (χ4v) is 3.25. The minimum absolute atomic E-state index is 0.131. The third-order valence-corrected chi connectivity index (χ3v) is 4.66. The molecule has 1 fully saturated rings. The molecular formula is C14H20N2O3S. The van der Waals surface area contributed by atoms with Crippen LogP contribution in [-0.2, 0) is 14.6 Å². The molecule has 1 aromatic carbocycles. The molecule has 1 heterocycles. The lowest BCUT2D eigenvalue weighted by atomic mass is 10.0. The Morgan fingerprint density at radius 1 is 1.40 bits per heavy atom. The minimum Gasteiger partial charge on any atom is -0.325 e. The lowest BCUT2D eigenvalue weighted by molar-refractivity contribution is -0.116. The number of carbonyl (C=O) groups excluding carboxylic acids is 1. The van der Waals surface area contributed by atoms with Gasteiger partial charge in [-0.25, -0.2) is 8.42 Å². The van der Waals surface area contributed by atoms with Crippen LogP contribution >= 0.6 is 0 Å². The van der Waals surface area contributed by atoms with E-state index >= 15 is 0 Å². The van der Waals surface area contributed by atoms with Crippen LogP contribution in [0.3, 0.4) is 0 Å². The molecule has 5 nitrogen and oxygen atoms in total. The average molecular weight is 296 g/mol. The van der Waals surface area contributed by atoms with Gasteiger partial charge >= 0.3 is 0 Å². The van der Waals surface area contributed by atoms with Crippen LogP contribution in [0.2, 0.25) is 0 Å². The van der Waals surface area contributed by atoms with Gasteiger partial charge in [0.25, 0.3) is 0 Å². The molecule has 0 saturated carbocycles. The summed E-state index contributed by atoms with van der Waals surface area (Å²) < 4.78 is 23.3. The topological polar surface area (TPSA) is 75.3 Å². The quantitative estimate of drug-likeness (QED) is 0.861. The Kier molecular flexibility index (Phi) is 4.77. The molecule has 0 bridgehead atoms. The van der Waals surface area contributed by atoms with Gasteiger partial charge < -0.3 is 10.6 Å². The second-order valence-electron chi connectivity index (χ2n) is 5.21. The Labute approximate surface area is 119 Å². The van der Waals surface area contributed by atoms with E-state index in [0.29, 0.717) is 18.0 Å². The smallest absolute Gasteiger partial charge is 0.224 e. The standard InChI is InChI=1S/C14H20N2O3S/c1-20(18,19)13-5-3-2-4-12(13)16-14(17)7-6-11-8-9-15-10-11/h2-5,11,15H,6-10H2,1H3,(H,16,17). The van der Waals surface area contributed by atoms with E-state index in [2.05, 4.69) is 10.6 Å². The fourth-order valence-electron chi connectivity index (χ4n) is 2.40. The molecule has 1 aliphatic rings. The van der Waals surface area contributed by atoms with Crippen LogP contribution in [0.1, 0.15) is 19.3 Å². The predicted molar refractivity (Wildman–Crippen MR) is 78.4 cm³/mol. The maximum absolute atomic E-state index is 11.9. The van der Waals surface area contributed by atoms with E-state index in [1.165, 1.54) is 6.07 Å². The molecule has 1 atom stereocenters. The Morgan fingerprint density at radius 2 is 2.15 bits per heavy atom. The van der Waals surface area contributed by atoms with E-state index in [0.717, 1.165) is 32.2 Å². The lowest BCUT2D eigenvalue weighted by Crippen LogP contribution is -2.16. The first-order chi connectivity index (χ1) is 9.47. The number of hydrogen-bond donors (Lipinski definition) is 2. The van der Waals surface area contributed by atoms with Gasteiger partial charge in [-0.05, 0) is 44.0 Å². The van der Waals surface area contributed by atoms with Crippen molar-refractivity contribution in [1.82, 2.24) is 5.32 Å². The van der Waals surface area contributed by atoms with Gasteiger partial charge in [0.05, 0.1) is 10.6 Å². The van der Waals surface area contributed by atoms with Crippen molar-refractivity contribution in [3.8, 4) is 0 Å². The van der Waals surface area contributed by atoms with Crippen molar-refractivity contribution in [1.29, 1.82) is 0 Å². The molecule has 6 heteroatoms. The molecule has 2 rings (SSSR count). The number of nitrogens with one attached hydrogen (secondary N) is 2. The van der Waals surface area contributed by atoms with Crippen molar-refractivity contribution in [2.24, 2.45) is 5.92 Å². The van der Waals surface area contributed by atoms with Gasteiger partial charge in [-0.3, -0.25) is 4.79 Å². The van der Waals surface area contributed by atoms with Crippen molar-refractivity contribution in [3.05, 3.63) is 24.3 Å². The van der Waals surface area contributed by atoms with Crippen LogP contribution in [0, 0.1) is 5.92 Å². The zero-order valence-corrected chi connectivity index (χ0v) is 12.4. The van der Waals surface area contributed by atoms with E-state index in [1.54, 1.807) is 18.2 Å². The van der Waals surface area contributed by atoms with Crippen LogP contribution in [0.15, 0.2) is 29.2 Å². The number of rotatable bonds is 5. The third kappa shape index (κ3) is 4.05. The molecule has 110 valence electrons. The number of hydrogen-bond acceptors (Lipinski definition) is 4. The summed E-state index contributed by atoms with van der Waals surface area (Å²) in [6.45, 7) is 1.98. The zero-order chi connectivity index (χ0) is 14.6.